The number of halogens is 3. The highest BCUT2D eigenvalue weighted by Crippen LogP contribution is 2.32. The van der Waals surface area contributed by atoms with Crippen LogP contribution in [0.2, 0.25) is 15.1 Å². The predicted molar refractivity (Wildman–Crippen MR) is 95.1 cm³/mol. The van der Waals surface area contributed by atoms with Crippen LogP contribution < -0.4 is 5.32 Å². The molecule has 1 saturated heterocycles. The van der Waals surface area contributed by atoms with Gasteiger partial charge in [-0.05, 0) is 19.1 Å². The quantitative estimate of drug-likeness (QED) is 0.796. The molecule has 1 aliphatic rings. The molecule has 1 aromatic carbocycles. The molecule has 1 heterocycles. The van der Waals surface area contributed by atoms with Crippen LogP contribution >= 0.6 is 34.8 Å². The Bertz CT molecular complexity index is 619. The monoisotopic (exact) mass is 393 g/mol. The highest BCUT2D eigenvalue weighted by atomic mass is 35.5. The molecule has 0 saturated carbocycles. The van der Waals surface area contributed by atoms with E-state index < -0.39 is 0 Å². The molecular formula is C15H18Cl3N3O3. The molecule has 0 atom stereocenters. The van der Waals surface area contributed by atoms with Gasteiger partial charge >= 0.3 is 6.09 Å². The standard InChI is InChI=1S/C15H18Cl3N3O3/c1-2-24-15(23)21-5-3-20(4-6-21)9-14(22)19-13-8-11(17)10(16)7-12(13)18/h7-8H,2-6,9H2,1H3,(H,19,22). The van der Waals surface area contributed by atoms with Gasteiger partial charge in [0.15, 0.2) is 0 Å². The Kier molecular flexibility index (Phi) is 6.98. The van der Waals surface area contributed by atoms with Crippen LogP contribution in [0.15, 0.2) is 12.1 Å². The number of hydrogen-bond acceptors (Lipinski definition) is 4. The Balaban J connectivity index is 1.84. The van der Waals surface area contributed by atoms with E-state index in [9.17, 15) is 9.59 Å². The lowest BCUT2D eigenvalue weighted by Gasteiger charge is -2.33. The molecular weight excluding hydrogens is 377 g/mol. The van der Waals surface area contributed by atoms with Crippen LogP contribution in [-0.4, -0.2) is 61.1 Å². The van der Waals surface area contributed by atoms with Gasteiger partial charge in [-0.2, -0.15) is 0 Å². The second kappa shape index (κ2) is 8.76. The van der Waals surface area contributed by atoms with E-state index in [2.05, 4.69) is 5.32 Å². The van der Waals surface area contributed by atoms with Crippen LogP contribution in [0, 0.1) is 0 Å². The van der Waals surface area contributed by atoms with Crippen molar-refractivity contribution in [3.8, 4) is 0 Å². The molecule has 0 bridgehead atoms. The summed E-state index contributed by atoms with van der Waals surface area (Å²) in [6.45, 7) is 4.58. The summed E-state index contributed by atoms with van der Waals surface area (Å²) in [6, 6.07) is 3.00. The fourth-order valence-electron chi connectivity index (χ4n) is 2.31. The van der Waals surface area contributed by atoms with Gasteiger partial charge < -0.3 is 15.0 Å². The van der Waals surface area contributed by atoms with E-state index >= 15 is 0 Å². The summed E-state index contributed by atoms with van der Waals surface area (Å²) in [5.41, 5.74) is 0.418. The van der Waals surface area contributed by atoms with Gasteiger partial charge in [-0.15, -0.1) is 0 Å². The zero-order chi connectivity index (χ0) is 17.7. The van der Waals surface area contributed by atoms with Crippen molar-refractivity contribution in [1.82, 2.24) is 9.80 Å². The molecule has 1 fully saturated rings. The van der Waals surface area contributed by atoms with Crippen LogP contribution in [0.4, 0.5) is 10.5 Å². The molecule has 0 spiro atoms. The summed E-state index contributed by atoms with van der Waals surface area (Å²) in [4.78, 5) is 27.4. The fourth-order valence-corrected chi connectivity index (χ4v) is 2.91. The van der Waals surface area contributed by atoms with Gasteiger partial charge in [-0.1, -0.05) is 34.8 Å². The van der Waals surface area contributed by atoms with Crippen LogP contribution in [0.25, 0.3) is 0 Å². The van der Waals surface area contributed by atoms with Gasteiger partial charge in [0.1, 0.15) is 0 Å². The Morgan fingerprint density at radius 1 is 1.08 bits per heavy atom. The van der Waals surface area contributed by atoms with Crippen molar-refractivity contribution >= 4 is 52.5 Å². The maximum atomic E-state index is 12.2. The number of carbonyl (C=O) groups is 2. The average molecular weight is 395 g/mol. The van der Waals surface area contributed by atoms with Crippen LogP contribution in [-0.2, 0) is 9.53 Å². The number of rotatable bonds is 4. The predicted octanol–water partition coefficient (Wildman–Crippen LogP) is 3.36. The highest BCUT2D eigenvalue weighted by Gasteiger charge is 2.23. The van der Waals surface area contributed by atoms with E-state index in [1.807, 2.05) is 4.90 Å². The molecule has 0 aliphatic carbocycles. The molecule has 1 aromatic rings. The maximum Gasteiger partial charge on any atom is 0.409 e. The molecule has 6 nitrogen and oxygen atoms in total. The summed E-state index contributed by atoms with van der Waals surface area (Å²) in [6.07, 6.45) is -0.316. The Labute approximate surface area is 155 Å². The molecule has 9 heteroatoms. The lowest BCUT2D eigenvalue weighted by atomic mass is 10.3. The molecule has 132 valence electrons. The van der Waals surface area contributed by atoms with Gasteiger partial charge in [0, 0.05) is 26.2 Å². The number of nitrogens with zero attached hydrogens (tertiary/aromatic N) is 2. The van der Waals surface area contributed by atoms with E-state index in [4.69, 9.17) is 39.5 Å². The molecule has 2 rings (SSSR count). The lowest BCUT2D eigenvalue weighted by molar-refractivity contribution is -0.117. The molecule has 24 heavy (non-hydrogen) atoms. The van der Waals surface area contributed by atoms with E-state index in [-0.39, 0.29) is 18.5 Å². The lowest BCUT2D eigenvalue weighted by Crippen LogP contribution is -2.50. The summed E-state index contributed by atoms with van der Waals surface area (Å²) in [5.74, 6) is -0.208. The van der Waals surface area contributed by atoms with Crippen molar-refractivity contribution in [2.24, 2.45) is 0 Å². The number of piperazine rings is 1. The van der Waals surface area contributed by atoms with Gasteiger partial charge in [-0.3, -0.25) is 9.69 Å². The summed E-state index contributed by atoms with van der Waals surface area (Å²) in [7, 11) is 0. The molecule has 0 aromatic heterocycles. The Hall–Kier alpha value is -1.21. The minimum absolute atomic E-state index is 0.202. The molecule has 2 amide bonds. The van der Waals surface area contributed by atoms with Crippen LogP contribution in [0.1, 0.15) is 6.92 Å². The SMILES string of the molecule is CCOC(=O)N1CCN(CC(=O)Nc2cc(Cl)c(Cl)cc2Cl)CC1. The first-order chi connectivity index (χ1) is 11.4. The Morgan fingerprint density at radius 3 is 2.33 bits per heavy atom. The third kappa shape index (κ3) is 5.14. The number of hydrogen-bond donors (Lipinski definition) is 1. The van der Waals surface area contributed by atoms with Crippen molar-refractivity contribution in [2.45, 2.75) is 6.92 Å². The van der Waals surface area contributed by atoms with Crippen molar-refractivity contribution in [2.75, 3.05) is 44.6 Å². The first-order valence-electron chi connectivity index (χ1n) is 7.49. The third-order valence-electron chi connectivity index (χ3n) is 3.55. The number of anilines is 1. The second-order valence-corrected chi connectivity index (χ2v) is 6.48. The number of benzene rings is 1. The maximum absolute atomic E-state index is 12.2. The number of ether oxygens (including phenoxy) is 1. The minimum atomic E-state index is -0.316. The number of nitrogens with one attached hydrogen (secondary N) is 1. The largest absolute Gasteiger partial charge is 0.450 e. The molecule has 0 radical (unpaired) electrons. The molecule has 0 unspecified atom stereocenters. The van der Waals surface area contributed by atoms with Crippen molar-refractivity contribution in [1.29, 1.82) is 0 Å². The van der Waals surface area contributed by atoms with Crippen LogP contribution in [0.3, 0.4) is 0 Å². The van der Waals surface area contributed by atoms with Crippen molar-refractivity contribution in [3.05, 3.63) is 27.2 Å². The molecule has 1 aliphatic heterocycles. The summed E-state index contributed by atoms with van der Waals surface area (Å²) in [5, 5.41) is 3.69. The van der Waals surface area contributed by atoms with E-state index in [1.54, 1.807) is 11.8 Å². The zero-order valence-corrected chi connectivity index (χ0v) is 15.4. The van der Waals surface area contributed by atoms with Gasteiger partial charge in [0.2, 0.25) is 5.91 Å². The van der Waals surface area contributed by atoms with E-state index in [1.165, 1.54) is 12.1 Å². The fraction of sp³-hybridized carbons (Fsp3) is 0.467. The van der Waals surface area contributed by atoms with Crippen molar-refractivity contribution in [3.63, 3.8) is 0 Å². The zero-order valence-electron chi connectivity index (χ0n) is 13.2. The topological polar surface area (TPSA) is 61.9 Å². The normalized spacial score (nSPS) is 15.2. The van der Waals surface area contributed by atoms with E-state index in [0.717, 1.165) is 0 Å². The summed E-state index contributed by atoms with van der Waals surface area (Å²) < 4.78 is 4.96. The van der Waals surface area contributed by atoms with Crippen molar-refractivity contribution < 1.29 is 14.3 Å². The van der Waals surface area contributed by atoms with Gasteiger partial charge in [0.05, 0.1) is 33.9 Å². The Morgan fingerprint density at radius 2 is 1.71 bits per heavy atom. The second-order valence-electron chi connectivity index (χ2n) is 5.26. The van der Waals surface area contributed by atoms with E-state index in [0.29, 0.717) is 53.5 Å². The minimum Gasteiger partial charge on any atom is -0.450 e. The first kappa shape index (κ1) is 19.1. The highest BCUT2D eigenvalue weighted by molar-refractivity contribution is 6.44. The van der Waals surface area contributed by atoms with Gasteiger partial charge in [-0.25, -0.2) is 4.79 Å². The third-order valence-corrected chi connectivity index (χ3v) is 4.58. The van der Waals surface area contributed by atoms with Gasteiger partial charge in [0.25, 0.3) is 0 Å². The summed E-state index contributed by atoms with van der Waals surface area (Å²) >= 11 is 17.8. The smallest absolute Gasteiger partial charge is 0.409 e. The molecule has 1 N–H and O–H groups in total. The van der Waals surface area contributed by atoms with Crippen LogP contribution in [0.5, 0.6) is 0 Å². The average Bonchev–Trinajstić information content (AvgIpc) is 2.53. The first-order valence-corrected chi connectivity index (χ1v) is 8.62. The number of carbonyl (C=O) groups excluding carboxylic acids is 2. The number of amides is 2.